The Morgan fingerprint density at radius 3 is 2.68 bits per heavy atom. The normalized spacial score (nSPS) is 12.5. The van der Waals surface area contributed by atoms with Gasteiger partial charge in [0.25, 0.3) is 0 Å². The fourth-order valence-corrected chi connectivity index (χ4v) is 3.08. The summed E-state index contributed by atoms with van der Waals surface area (Å²) in [4.78, 5) is 21.0. The van der Waals surface area contributed by atoms with Crippen LogP contribution in [0.5, 0.6) is 0 Å². The summed E-state index contributed by atoms with van der Waals surface area (Å²) in [7, 11) is 0. The van der Waals surface area contributed by atoms with Gasteiger partial charge in [0.15, 0.2) is 5.82 Å². The first-order chi connectivity index (χ1) is 10.4. The lowest BCUT2D eigenvalue weighted by molar-refractivity contribution is -0.117. The van der Waals surface area contributed by atoms with E-state index in [1.165, 1.54) is 0 Å². The third-order valence-corrected chi connectivity index (χ3v) is 4.37. The maximum Gasteiger partial charge on any atom is 0.225 e. The van der Waals surface area contributed by atoms with Crippen LogP contribution in [0.3, 0.4) is 0 Å². The zero-order valence-electron chi connectivity index (χ0n) is 13.0. The van der Waals surface area contributed by atoms with Gasteiger partial charge in [0.2, 0.25) is 5.91 Å². The van der Waals surface area contributed by atoms with Crippen LogP contribution in [0.2, 0.25) is 0 Å². The first-order valence-corrected chi connectivity index (χ1v) is 8.02. The molecule has 0 aliphatic rings. The van der Waals surface area contributed by atoms with E-state index in [0.717, 1.165) is 21.4 Å². The number of thiazole rings is 1. The highest BCUT2D eigenvalue weighted by atomic mass is 32.1. The second-order valence-electron chi connectivity index (χ2n) is 5.25. The fraction of sp³-hybridized carbons (Fsp3) is 0.571. The molecule has 0 fully saturated rings. The predicted molar refractivity (Wildman–Crippen MR) is 83.6 cm³/mol. The van der Waals surface area contributed by atoms with E-state index in [1.807, 2.05) is 20.8 Å². The van der Waals surface area contributed by atoms with Crippen molar-refractivity contribution in [3.63, 3.8) is 0 Å². The number of carbonyl (C=O) groups is 1. The number of primary amides is 1. The number of rotatable bonds is 7. The van der Waals surface area contributed by atoms with Crippen molar-refractivity contribution in [3.8, 4) is 0 Å². The lowest BCUT2D eigenvalue weighted by atomic mass is 10.2. The van der Waals surface area contributed by atoms with Gasteiger partial charge in [-0.15, -0.1) is 11.3 Å². The van der Waals surface area contributed by atoms with E-state index in [4.69, 9.17) is 5.73 Å². The first kappa shape index (κ1) is 16.6. The number of aromatic nitrogens is 4. The first-order valence-electron chi connectivity index (χ1n) is 7.20. The maximum atomic E-state index is 11.1. The molecule has 0 spiro atoms. The largest absolute Gasteiger partial charge is 0.391 e. The average molecular weight is 323 g/mol. The summed E-state index contributed by atoms with van der Waals surface area (Å²) in [6.07, 6.45) is 0.720. The summed E-state index contributed by atoms with van der Waals surface area (Å²) in [6, 6.07) is 0. The Labute approximate surface area is 133 Å². The number of hydrogen-bond acceptors (Lipinski definition) is 6. The van der Waals surface area contributed by atoms with Crippen molar-refractivity contribution >= 4 is 17.2 Å². The standard InChI is InChI=1S/C14H21N5O2S/c1-4-10(20)7-19-14(17-13(18-19)6-12(15)21)5-11-8(2)16-9(3)22-11/h10,20H,4-7H2,1-3H3,(H2,15,21)/t10-/m1/s1. The molecule has 120 valence electrons. The molecule has 8 heteroatoms. The minimum Gasteiger partial charge on any atom is -0.391 e. The molecule has 0 aliphatic heterocycles. The van der Waals surface area contributed by atoms with Crippen molar-refractivity contribution in [1.82, 2.24) is 19.7 Å². The molecule has 0 radical (unpaired) electrons. The van der Waals surface area contributed by atoms with E-state index in [1.54, 1.807) is 16.0 Å². The Morgan fingerprint density at radius 1 is 1.41 bits per heavy atom. The van der Waals surface area contributed by atoms with Crippen LogP contribution in [-0.2, 0) is 24.2 Å². The van der Waals surface area contributed by atoms with E-state index in [9.17, 15) is 9.90 Å². The fourth-order valence-electron chi connectivity index (χ4n) is 2.14. The molecule has 0 saturated heterocycles. The predicted octanol–water partition coefficient (Wildman–Crippen LogP) is 0.741. The number of carbonyl (C=O) groups excluding carboxylic acids is 1. The van der Waals surface area contributed by atoms with E-state index >= 15 is 0 Å². The van der Waals surface area contributed by atoms with Gasteiger partial charge in [-0.1, -0.05) is 6.92 Å². The summed E-state index contributed by atoms with van der Waals surface area (Å²) in [5, 5.41) is 15.2. The smallest absolute Gasteiger partial charge is 0.225 e. The Hall–Kier alpha value is -1.80. The molecule has 2 aromatic rings. The molecule has 1 amide bonds. The third-order valence-electron chi connectivity index (χ3n) is 3.30. The molecule has 0 aromatic carbocycles. The van der Waals surface area contributed by atoms with Gasteiger partial charge < -0.3 is 10.8 Å². The van der Waals surface area contributed by atoms with Crippen molar-refractivity contribution in [2.24, 2.45) is 5.73 Å². The van der Waals surface area contributed by atoms with Crippen molar-refractivity contribution < 1.29 is 9.90 Å². The second-order valence-corrected chi connectivity index (χ2v) is 6.54. The van der Waals surface area contributed by atoms with Gasteiger partial charge in [-0.3, -0.25) is 4.79 Å². The molecule has 0 aliphatic carbocycles. The number of aliphatic hydroxyl groups excluding tert-OH is 1. The number of amides is 1. The monoisotopic (exact) mass is 323 g/mol. The third kappa shape index (κ3) is 4.11. The van der Waals surface area contributed by atoms with Crippen LogP contribution in [0.1, 0.15) is 40.6 Å². The highest BCUT2D eigenvalue weighted by molar-refractivity contribution is 7.11. The van der Waals surface area contributed by atoms with Gasteiger partial charge in [0.1, 0.15) is 5.82 Å². The zero-order valence-corrected chi connectivity index (χ0v) is 13.9. The Morgan fingerprint density at radius 2 is 2.14 bits per heavy atom. The van der Waals surface area contributed by atoms with Gasteiger partial charge in [-0.25, -0.2) is 14.6 Å². The van der Waals surface area contributed by atoms with E-state index in [2.05, 4.69) is 15.1 Å². The van der Waals surface area contributed by atoms with Gasteiger partial charge >= 0.3 is 0 Å². The highest BCUT2D eigenvalue weighted by Gasteiger charge is 2.16. The minimum atomic E-state index is -0.494. The van der Waals surface area contributed by atoms with Crippen molar-refractivity contribution in [3.05, 3.63) is 27.2 Å². The average Bonchev–Trinajstić information content (AvgIpc) is 2.93. The van der Waals surface area contributed by atoms with E-state index < -0.39 is 12.0 Å². The van der Waals surface area contributed by atoms with Gasteiger partial charge in [-0.05, 0) is 20.3 Å². The second kappa shape index (κ2) is 6.97. The van der Waals surface area contributed by atoms with E-state index in [0.29, 0.717) is 25.2 Å². The lowest BCUT2D eigenvalue weighted by Gasteiger charge is -2.09. The SMILES string of the molecule is CC[C@@H](O)Cn1nc(CC(N)=O)nc1Cc1sc(C)nc1C. The molecule has 2 heterocycles. The number of hydrogen-bond donors (Lipinski definition) is 2. The quantitative estimate of drug-likeness (QED) is 0.781. The molecule has 7 nitrogen and oxygen atoms in total. The van der Waals surface area contributed by atoms with Crippen LogP contribution < -0.4 is 5.73 Å². The van der Waals surface area contributed by atoms with Gasteiger partial charge in [0, 0.05) is 11.3 Å². The van der Waals surface area contributed by atoms with Gasteiger partial charge in [0.05, 0.1) is 29.8 Å². The van der Waals surface area contributed by atoms with Crippen LogP contribution in [0.15, 0.2) is 0 Å². The molecule has 2 rings (SSSR count). The molecule has 2 aromatic heterocycles. The van der Waals surface area contributed by atoms with E-state index in [-0.39, 0.29) is 6.42 Å². The summed E-state index contributed by atoms with van der Waals surface area (Å²) in [5.74, 6) is 0.643. The molecule has 0 bridgehead atoms. The molecular weight excluding hydrogens is 302 g/mol. The van der Waals surface area contributed by atoms with Gasteiger partial charge in [-0.2, -0.15) is 5.10 Å². The number of aliphatic hydroxyl groups is 1. The lowest BCUT2D eigenvalue weighted by Crippen LogP contribution is -2.18. The number of nitrogens with zero attached hydrogens (tertiary/aromatic N) is 4. The topological polar surface area (TPSA) is 107 Å². The Kier molecular flexibility index (Phi) is 5.25. The van der Waals surface area contributed by atoms with Crippen molar-refractivity contribution in [1.29, 1.82) is 0 Å². The summed E-state index contributed by atoms with van der Waals surface area (Å²) >= 11 is 1.62. The Balaban J connectivity index is 2.28. The molecule has 1 atom stereocenters. The molecular formula is C14H21N5O2S. The minimum absolute atomic E-state index is 0.00290. The van der Waals surface area contributed by atoms with Crippen LogP contribution >= 0.6 is 11.3 Å². The number of nitrogens with two attached hydrogens (primary N) is 1. The van der Waals surface area contributed by atoms with Crippen LogP contribution in [-0.4, -0.2) is 36.9 Å². The van der Waals surface area contributed by atoms with Crippen LogP contribution in [0.4, 0.5) is 0 Å². The zero-order chi connectivity index (χ0) is 16.3. The summed E-state index contributed by atoms with van der Waals surface area (Å²) < 4.78 is 1.67. The van der Waals surface area contributed by atoms with Crippen molar-refractivity contribution in [2.45, 2.75) is 52.7 Å². The van der Waals surface area contributed by atoms with Crippen molar-refractivity contribution in [2.75, 3.05) is 0 Å². The highest BCUT2D eigenvalue weighted by Crippen LogP contribution is 2.20. The maximum absolute atomic E-state index is 11.1. The summed E-state index contributed by atoms with van der Waals surface area (Å²) in [6.45, 7) is 6.19. The number of aryl methyl sites for hydroxylation is 2. The Bertz CT molecular complexity index is 664. The molecule has 0 unspecified atom stereocenters. The molecule has 22 heavy (non-hydrogen) atoms. The van der Waals surface area contributed by atoms with Crippen LogP contribution in [0, 0.1) is 13.8 Å². The summed E-state index contributed by atoms with van der Waals surface area (Å²) in [5.41, 5.74) is 6.18. The molecule has 0 saturated carbocycles. The van der Waals surface area contributed by atoms with Crippen LogP contribution in [0.25, 0.3) is 0 Å². The molecule has 3 N–H and O–H groups in total.